The number of Topliss-reactive ketones (excluding diaryl/α,β-unsaturated/α-hetero) is 1. The van der Waals surface area contributed by atoms with Gasteiger partial charge in [0, 0.05) is 23.0 Å². The second kappa shape index (κ2) is 6.44. The first-order chi connectivity index (χ1) is 14.7. The van der Waals surface area contributed by atoms with Crippen LogP contribution in [0.5, 0.6) is 11.5 Å². The minimum Gasteiger partial charge on any atom is -0.454 e. The molecule has 5 nitrogen and oxygen atoms in total. The molecular weight excluding hydrogens is 396 g/mol. The second-order valence-corrected chi connectivity index (χ2v) is 8.44. The maximum Gasteiger partial charge on any atom is 0.231 e. The van der Waals surface area contributed by atoms with Crippen LogP contribution in [0.2, 0.25) is 0 Å². The molecule has 0 unspecified atom stereocenters. The van der Waals surface area contributed by atoms with Crippen molar-refractivity contribution in [1.29, 1.82) is 0 Å². The summed E-state index contributed by atoms with van der Waals surface area (Å²) in [6.07, 6.45) is 3.03. The summed E-state index contributed by atoms with van der Waals surface area (Å²) in [5, 5.41) is 1.17. The van der Waals surface area contributed by atoms with E-state index in [-0.39, 0.29) is 30.6 Å². The Morgan fingerprint density at radius 2 is 2.03 bits per heavy atom. The van der Waals surface area contributed by atoms with E-state index < -0.39 is 0 Å². The fourth-order valence-corrected chi connectivity index (χ4v) is 5.58. The highest BCUT2D eigenvalue weighted by Gasteiger charge is 2.51. The smallest absolute Gasteiger partial charge is 0.231 e. The lowest BCUT2D eigenvalue weighted by Gasteiger charge is -2.38. The molecule has 1 saturated heterocycles. The van der Waals surface area contributed by atoms with E-state index in [2.05, 4.69) is 28.6 Å². The number of carbonyl (C=O) groups excluding carboxylic acids is 1. The second-order valence-electron chi connectivity index (χ2n) is 8.02. The average molecular weight is 417 g/mol. The van der Waals surface area contributed by atoms with Crippen molar-refractivity contribution >= 4 is 33.9 Å². The molecule has 0 amide bonds. The number of ketones is 1. The van der Waals surface area contributed by atoms with E-state index in [0.29, 0.717) is 17.8 Å². The molecule has 30 heavy (non-hydrogen) atoms. The third-order valence-corrected chi connectivity index (χ3v) is 6.97. The standard InChI is InChI=1S/C24H20N2O3S/c1-2-5-15-23(27)18-11-16-14-6-3-4-7-17(14)25-21(16)22(26(18)24(15)30)13-8-9-19-20(10-13)29-12-28-19/h2-4,6-10,15,18,22,25H,1,5,11-12H2/t15-,18+,22-/m0/s1. The third kappa shape index (κ3) is 2.34. The molecular formula is C24H20N2O3S. The van der Waals surface area contributed by atoms with Gasteiger partial charge in [0.25, 0.3) is 0 Å². The van der Waals surface area contributed by atoms with Crippen molar-refractivity contribution in [3.8, 4) is 11.5 Å². The van der Waals surface area contributed by atoms with E-state index in [1.807, 2.05) is 30.3 Å². The molecule has 3 aliphatic heterocycles. The molecule has 0 aliphatic carbocycles. The number of H-pyrrole nitrogens is 1. The van der Waals surface area contributed by atoms with Gasteiger partial charge >= 0.3 is 0 Å². The van der Waals surface area contributed by atoms with Gasteiger partial charge in [-0.3, -0.25) is 4.79 Å². The predicted octanol–water partition coefficient (Wildman–Crippen LogP) is 4.32. The number of ether oxygens (including phenoxy) is 2. The predicted molar refractivity (Wildman–Crippen MR) is 118 cm³/mol. The van der Waals surface area contributed by atoms with Crippen LogP contribution in [0.15, 0.2) is 55.1 Å². The quantitative estimate of drug-likeness (QED) is 0.509. The van der Waals surface area contributed by atoms with Crippen LogP contribution < -0.4 is 9.47 Å². The monoisotopic (exact) mass is 416 g/mol. The lowest BCUT2D eigenvalue weighted by atomic mass is 9.88. The van der Waals surface area contributed by atoms with Crippen molar-refractivity contribution in [1.82, 2.24) is 9.88 Å². The molecule has 3 aliphatic rings. The zero-order chi connectivity index (χ0) is 20.4. The third-order valence-electron chi connectivity index (χ3n) is 6.47. The molecule has 1 aromatic heterocycles. The number of carbonyl (C=O) groups is 1. The SMILES string of the molecule is C=CC[C@H]1C(=O)[C@H]2Cc3c([nH]c4ccccc34)[C@H](c3ccc4c(c3)OCO4)N2C1=S. The Kier molecular flexibility index (Phi) is 3.80. The van der Waals surface area contributed by atoms with E-state index in [1.54, 1.807) is 6.08 Å². The fraction of sp³-hybridized carbons (Fsp3) is 0.250. The summed E-state index contributed by atoms with van der Waals surface area (Å²) in [4.78, 5) is 19.8. The minimum absolute atomic E-state index is 0.174. The van der Waals surface area contributed by atoms with E-state index in [9.17, 15) is 4.79 Å². The van der Waals surface area contributed by atoms with Gasteiger partial charge in [-0.25, -0.2) is 0 Å². The number of hydrogen-bond acceptors (Lipinski definition) is 4. The lowest BCUT2D eigenvalue weighted by molar-refractivity contribution is -0.122. The molecule has 3 atom stereocenters. The van der Waals surface area contributed by atoms with Crippen LogP contribution in [-0.4, -0.2) is 33.5 Å². The number of benzene rings is 2. The van der Waals surface area contributed by atoms with Gasteiger partial charge in [-0.15, -0.1) is 6.58 Å². The summed E-state index contributed by atoms with van der Waals surface area (Å²) in [6, 6.07) is 13.8. The number of aromatic nitrogens is 1. The topological polar surface area (TPSA) is 54.6 Å². The van der Waals surface area contributed by atoms with Gasteiger partial charge in [0.15, 0.2) is 17.3 Å². The minimum atomic E-state index is -0.283. The van der Waals surface area contributed by atoms with Gasteiger partial charge in [0.1, 0.15) is 0 Å². The Balaban J connectivity index is 1.57. The van der Waals surface area contributed by atoms with Gasteiger partial charge < -0.3 is 19.4 Å². The maximum absolute atomic E-state index is 13.3. The molecule has 3 aromatic rings. The first-order valence-corrected chi connectivity index (χ1v) is 10.5. The van der Waals surface area contributed by atoms with Crippen LogP contribution in [0.3, 0.4) is 0 Å². The number of allylic oxidation sites excluding steroid dienone is 1. The summed E-state index contributed by atoms with van der Waals surface area (Å²) < 4.78 is 11.1. The molecule has 0 spiro atoms. The molecule has 2 aromatic carbocycles. The molecule has 1 fully saturated rings. The van der Waals surface area contributed by atoms with Gasteiger partial charge in [-0.2, -0.15) is 0 Å². The van der Waals surface area contributed by atoms with Crippen molar-refractivity contribution in [2.75, 3.05) is 6.79 Å². The Hall–Kier alpha value is -3.12. The lowest BCUT2D eigenvalue weighted by Crippen LogP contribution is -2.43. The maximum atomic E-state index is 13.3. The van der Waals surface area contributed by atoms with E-state index >= 15 is 0 Å². The van der Waals surface area contributed by atoms with Crippen molar-refractivity contribution in [3.05, 3.63) is 71.9 Å². The molecule has 0 radical (unpaired) electrons. The van der Waals surface area contributed by atoms with Gasteiger partial charge in [-0.05, 0) is 35.7 Å². The largest absolute Gasteiger partial charge is 0.454 e. The summed E-state index contributed by atoms with van der Waals surface area (Å²) in [6.45, 7) is 4.06. The summed E-state index contributed by atoms with van der Waals surface area (Å²) >= 11 is 5.85. The summed E-state index contributed by atoms with van der Waals surface area (Å²) in [5.41, 5.74) is 4.41. The van der Waals surface area contributed by atoms with Crippen molar-refractivity contribution in [3.63, 3.8) is 0 Å². The van der Waals surface area contributed by atoms with Crippen molar-refractivity contribution in [2.45, 2.75) is 24.9 Å². The summed E-state index contributed by atoms with van der Waals surface area (Å²) in [5.74, 6) is 1.38. The van der Waals surface area contributed by atoms with Crippen LogP contribution in [0.4, 0.5) is 0 Å². The molecule has 6 heteroatoms. The Labute approximate surface area is 179 Å². The normalized spacial score (nSPS) is 24.3. The van der Waals surface area contributed by atoms with Crippen LogP contribution in [0, 0.1) is 5.92 Å². The molecule has 4 heterocycles. The summed E-state index contributed by atoms with van der Waals surface area (Å²) in [7, 11) is 0. The number of hydrogen-bond donors (Lipinski definition) is 1. The van der Waals surface area contributed by atoms with E-state index in [0.717, 1.165) is 28.3 Å². The fourth-order valence-electron chi connectivity index (χ4n) is 5.13. The van der Waals surface area contributed by atoms with Crippen LogP contribution in [0.1, 0.15) is 29.3 Å². The Morgan fingerprint density at radius 3 is 2.90 bits per heavy atom. The Morgan fingerprint density at radius 1 is 1.20 bits per heavy atom. The number of rotatable bonds is 3. The highest BCUT2D eigenvalue weighted by atomic mass is 32.1. The average Bonchev–Trinajstić information content (AvgIpc) is 3.44. The number of nitrogens with zero attached hydrogens (tertiary/aromatic N) is 1. The highest BCUT2D eigenvalue weighted by molar-refractivity contribution is 7.80. The molecule has 6 rings (SSSR count). The Bertz CT molecular complexity index is 1230. The number of fused-ring (bicyclic) bond motifs is 5. The van der Waals surface area contributed by atoms with Crippen molar-refractivity contribution in [2.24, 2.45) is 5.92 Å². The van der Waals surface area contributed by atoms with E-state index in [4.69, 9.17) is 21.7 Å². The highest BCUT2D eigenvalue weighted by Crippen LogP contribution is 2.47. The van der Waals surface area contributed by atoms with Gasteiger partial charge in [-0.1, -0.05) is 42.6 Å². The van der Waals surface area contributed by atoms with Gasteiger partial charge in [0.2, 0.25) is 6.79 Å². The zero-order valence-corrected chi connectivity index (χ0v) is 17.1. The van der Waals surface area contributed by atoms with Crippen LogP contribution >= 0.6 is 12.2 Å². The van der Waals surface area contributed by atoms with E-state index in [1.165, 1.54) is 10.9 Å². The zero-order valence-electron chi connectivity index (χ0n) is 16.3. The molecule has 0 bridgehead atoms. The number of thiocarbonyl (C=S) groups is 1. The van der Waals surface area contributed by atoms with Crippen molar-refractivity contribution < 1.29 is 14.3 Å². The number of nitrogens with one attached hydrogen (secondary N) is 1. The van der Waals surface area contributed by atoms with Crippen LogP contribution in [-0.2, 0) is 11.2 Å². The first kappa shape index (κ1) is 17.7. The molecule has 0 saturated carbocycles. The number of para-hydroxylation sites is 1. The molecule has 150 valence electrons. The van der Waals surface area contributed by atoms with Crippen LogP contribution in [0.25, 0.3) is 10.9 Å². The van der Waals surface area contributed by atoms with Gasteiger partial charge in [0.05, 0.1) is 23.0 Å². The number of aromatic amines is 1. The molecule has 1 N–H and O–H groups in total. The first-order valence-electron chi connectivity index (χ1n) is 10.1.